The summed E-state index contributed by atoms with van der Waals surface area (Å²) < 4.78 is 0. The van der Waals surface area contributed by atoms with Crippen molar-refractivity contribution in [2.45, 2.75) is 51.5 Å². The SMILES string of the molecule is CC(C)C([NH3+])(CCC(C(N)=O)(c1ccccc1)c1ccccc1)C(C)C. The Morgan fingerprint density at radius 1 is 0.846 bits per heavy atom. The highest BCUT2D eigenvalue weighted by Gasteiger charge is 2.45. The average molecular weight is 354 g/mol. The Bertz CT molecular complexity index is 660. The van der Waals surface area contributed by atoms with Gasteiger partial charge in [0.05, 0.1) is 11.0 Å². The van der Waals surface area contributed by atoms with Crippen LogP contribution in [-0.2, 0) is 10.2 Å². The van der Waals surface area contributed by atoms with Gasteiger partial charge in [-0.05, 0) is 17.5 Å². The molecule has 0 radical (unpaired) electrons. The molecule has 0 atom stereocenters. The molecule has 0 heterocycles. The molecule has 0 fully saturated rings. The normalized spacial score (nSPS) is 12.6. The zero-order valence-electron chi connectivity index (χ0n) is 16.5. The molecule has 0 aromatic heterocycles. The summed E-state index contributed by atoms with van der Waals surface area (Å²) in [5.41, 5.74) is 11.6. The van der Waals surface area contributed by atoms with E-state index in [1.165, 1.54) is 0 Å². The van der Waals surface area contributed by atoms with Gasteiger partial charge in [0.1, 0.15) is 0 Å². The highest BCUT2D eigenvalue weighted by atomic mass is 16.1. The van der Waals surface area contributed by atoms with E-state index in [0.29, 0.717) is 18.3 Å². The molecular weight excluding hydrogens is 320 g/mol. The van der Waals surface area contributed by atoms with E-state index < -0.39 is 5.41 Å². The van der Waals surface area contributed by atoms with Crippen LogP contribution in [0.3, 0.4) is 0 Å². The zero-order chi connectivity index (χ0) is 19.4. The molecule has 0 aliphatic carbocycles. The van der Waals surface area contributed by atoms with Gasteiger partial charge in [0.2, 0.25) is 5.91 Å². The third-order valence-corrected chi connectivity index (χ3v) is 6.22. The van der Waals surface area contributed by atoms with Gasteiger partial charge >= 0.3 is 0 Å². The molecule has 140 valence electrons. The van der Waals surface area contributed by atoms with E-state index in [9.17, 15) is 4.79 Å². The topological polar surface area (TPSA) is 70.7 Å². The second-order valence-electron chi connectivity index (χ2n) is 8.04. The van der Waals surface area contributed by atoms with E-state index >= 15 is 0 Å². The van der Waals surface area contributed by atoms with Gasteiger partial charge in [-0.2, -0.15) is 0 Å². The molecule has 0 aliphatic heterocycles. The first-order chi connectivity index (χ1) is 12.2. The number of carbonyl (C=O) groups is 1. The van der Waals surface area contributed by atoms with Gasteiger partial charge in [0, 0.05) is 18.3 Å². The van der Waals surface area contributed by atoms with Gasteiger partial charge in [-0.15, -0.1) is 0 Å². The smallest absolute Gasteiger partial charge is 0.232 e. The van der Waals surface area contributed by atoms with Crippen LogP contribution in [0.25, 0.3) is 0 Å². The highest BCUT2D eigenvalue weighted by Crippen LogP contribution is 2.40. The molecule has 2 rings (SSSR count). The van der Waals surface area contributed by atoms with Crippen molar-refractivity contribution < 1.29 is 10.5 Å². The van der Waals surface area contributed by atoms with E-state index in [0.717, 1.165) is 17.5 Å². The molecule has 1 amide bonds. The fraction of sp³-hybridized carbons (Fsp3) is 0.435. The molecule has 5 N–H and O–H groups in total. The lowest BCUT2D eigenvalue weighted by Gasteiger charge is -2.39. The number of rotatable bonds is 8. The molecule has 0 saturated heterocycles. The third kappa shape index (κ3) is 3.68. The number of nitrogens with two attached hydrogens (primary N) is 1. The molecule has 3 heteroatoms. The fourth-order valence-electron chi connectivity index (χ4n) is 3.97. The van der Waals surface area contributed by atoms with Gasteiger partial charge in [-0.25, -0.2) is 0 Å². The third-order valence-electron chi connectivity index (χ3n) is 6.22. The quantitative estimate of drug-likeness (QED) is 0.749. The number of carbonyl (C=O) groups excluding carboxylic acids is 1. The number of hydrogen-bond donors (Lipinski definition) is 2. The van der Waals surface area contributed by atoms with Crippen molar-refractivity contribution in [3.8, 4) is 0 Å². The Kier molecular flexibility index (Phi) is 6.25. The van der Waals surface area contributed by atoms with Gasteiger partial charge in [-0.1, -0.05) is 88.4 Å². The van der Waals surface area contributed by atoms with Crippen molar-refractivity contribution in [1.82, 2.24) is 0 Å². The molecule has 0 aliphatic rings. The van der Waals surface area contributed by atoms with Crippen LogP contribution in [0.15, 0.2) is 60.7 Å². The molecule has 26 heavy (non-hydrogen) atoms. The van der Waals surface area contributed by atoms with Crippen LogP contribution in [-0.4, -0.2) is 11.4 Å². The maximum Gasteiger partial charge on any atom is 0.232 e. The number of benzene rings is 2. The number of primary amides is 1. The summed E-state index contributed by atoms with van der Waals surface area (Å²) in [6, 6.07) is 19.8. The number of hydrogen-bond acceptors (Lipinski definition) is 1. The predicted octanol–water partition coefficient (Wildman–Crippen LogP) is 3.53. The first-order valence-electron chi connectivity index (χ1n) is 9.51. The van der Waals surface area contributed by atoms with Crippen molar-refractivity contribution in [2.75, 3.05) is 0 Å². The molecule has 0 saturated carbocycles. The van der Waals surface area contributed by atoms with Crippen LogP contribution in [0.4, 0.5) is 0 Å². The van der Waals surface area contributed by atoms with E-state index in [2.05, 4.69) is 33.4 Å². The first-order valence-corrected chi connectivity index (χ1v) is 9.51. The average Bonchev–Trinajstić information content (AvgIpc) is 2.63. The number of quaternary nitrogens is 1. The maximum atomic E-state index is 12.9. The standard InChI is InChI=1S/C23H32N2O/c1-17(2)23(25,18(3)4)16-15-22(21(24)26,19-11-7-5-8-12-19)20-13-9-6-10-14-20/h5-14,17-18H,15-16,25H2,1-4H3,(H2,24,26)/p+1. The summed E-state index contributed by atoms with van der Waals surface area (Å²) in [7, 11) is 0. The Labute approximate surface area is 157 Å². The summed E-state index contributed by atoms with van der Waals surface area (Å²) in [4.78, 5) is 12.9. The number of amides is 1. The lowest BCUT2D eigenvalue weighted by atomic mass is 9.65. The predicted molar refractivity (Wildman–Crippen MR) is 107 cm³/mol. The lowest BCUT2D eigenvalue weighted by Crippen LogP contribution is -2.78. The molecule has 0 unspecified atom stereocenters. The molecule has 0 spiro atoms. The monoisotopic (exact) mass is 353 g/mol. The van der Waals surface area contributed by atoms with Crippen LogP contribution < -0.4 is 11.5 Å². The van der Waals surface area contributed by atoms with Crippen molar-refractivity contribution in [3.05, 3.63) is 71.8 Å². The fourth-order valence-corrected chi connectivity index (χ4v) is 3.97. The summed E-state index contributed by atoms with van der Waals surface area (Å²) in [5, 5.41) is 0. The minimum atomic E-state index is -0.838. The van der Waals surface area contributed by atoms with Crippen molar-refractivity contribution in [3.63, 3.8) is 0 Å². The highest BCUT2D eigenvalue weighted by molar-refractivity contribution is 5.90. The van der Waals surface area contributed by atoms with Gasteiger partial charge in [0.25, 0.3) is 0 Å². The van der Waals surface area contributed by atoms with Gasteiger partial charge in [0.15, 0.2) is 0 Å². The van der Waals surface area contributed by atoms with E-state index in [1.54, 1.807) is 0 Å². The maximum absolute atomic E-state index is 12.9. The van der Waals surface area contributed by atoms with E-state index in [4.69, 9.17) is 5.73 Å². The Morgan fingerprint density at radius 2 is 1.23 bits per heavy atom. The van der Waals surface area contributed by atoms with E-state index in [-0.39, 0.29) is 11.4 Å². The molecule has 0 bridgehead atoms. The zero-order valence-corrected chi connectivity index (χ0v) is 16.5. The van der Waals surface area contributed by atoms with Crippen LogP contribution in [0.5, 0.6) is 0 Å². The van der Waals surface area contributed by atoms with Crippen molar-refractivity contribution >= 4 is 5.91 Å². The minimum absolute atomic E-state index is 0.107. The largest absolute Gasteiger partial charge is 0.369 e. The molecular formula is C23H33N2O+. The Balaban J connectivity index is 2.56. The summed E-state index contributed by atoms with van der Waals surface area (Å²) in [6.07, 6.45) is 1.48. The Hall–Kier alpha value is -2.13. The summed E-state index contributed by atoms with van der Waals surface area (Å²) in [6.45, 7) is 8.85. The van der Waals surface area contributed by atoms with E-state index in [1.807, 2.05) is 60.7 Å². The molecule has 2 aromatic carbocycles. The second-order valence-corrected chi connectivity index (χ2v) is 8.04. The molecule has 2 aromatic rings. The first kappa shape index (κ1) is 20.2. The van der Waals surface area contributed by atoms with Gasteiger partial charge in [-0.3, -0.25) is 4.79 Å². The molecule has 3 nitrogen and oxygen atoms in total. The summed E-state index contributed by atoms with van der Waals surface area (Å²) in [5.74, 6) is 0.531. The Morgan fingerprint density at radius 3 is 1.54 bits per heavy atom. The summed E-state index contributed by atoms with van der Waals surface area (Å²) >= 11 is 0. The van der Waals surface area contributed by atoms with Crippen LogP contribution >= 0.6 is 0 Å². The van der Waals surface area contributed by atoms with Crippen LogP contribution in [0, 0.1) is 11.8 Å². The van der Waals surface area contributed by atoms with Crippen LogP contribution in [0.2, 0.25) is 0 Å². The lowest BCUT2D eigenvalue weighted by molar-refractivity contribution is -0.505. The second kappa shape index (κ2) is 8.05. The van der Waals surface area contributed by atoms with Crippen LogP contribution in [0.1, 0.15) is 51.7 Å². The van der Waals surface area contributed by atoms with Crippen molar-refractivity contribution in [2.24, 2.45) is 17.6 Å². The van der Waals surface area contributed by atoms with Crippen molar-refractivity contribution in [1.29, 1.82) is 0 Å². The van der Waals surface area contributed by atoms with Gasteiger partial charge < -0.3 is 11.5 Å². The minimum Gasteiger partial charge on any atom is -0.369 e.